The number of carbonyl (C=O) groups is 2. The summed E-state index contributed by atoms with van der Waals surface area (Å²) in [5.41, 5.74) is -0.812. The van der Waals surface area contributed by atoms with Gasteiger partial charge in [0.25, 0.3) is 0 Å². The first-order valence-corrected chi connectivity index (χ1v) is 8.58. The molecule has 0 aliphatic rings. The maximum absolute atomic E-state index is 14.2. The van der Waals surface area contributed by atoms with E-state index in [0.717, 1.165) is 0 Å². The van der Waals surface area contributed by atoms with E-state index < -0.39 is 52.5 Å². The minimum absolute atomic E-state index is 0.0883. The highest BCUT2D eigenvalue weighted by Gasteiger charge is 2.33. The second-order valence-corrected chi connectivity index (χ2v) is 6.56. The Bertz CT molecular complexity index is 930. The van der Waals surface area contributed by atoms with Gasteiger partial charge in [0.1, 0.15) is 11.5 Å². The van der Waals surface area contributed by atoms with E-state index in [-0.39, 0.29) is 17.8 Å². The lowest BCUT2D eigenvalue weighted by Gasteiger charge is -2.28. The average Bonchev–Trinajstić information content (AvgIpc) is 2.70. The molecule has 0 heterocycles. The quantitative estimate of drug-likeness (QED) is 0.278. The van der Waals surface area contributed by atoms with Crippen molar-refractivity contribution in [2.45, 2.75) is 26.3 Å². The first-order valence-electron chi connectivity index (χ1n) is 8.58. The van der Waals surface area contributed by atoms with Crippen LogP contribution in [0.25, 0.3) is 0 Å². The Morgan fingerprint density at radius 2 is 1.38 bits per heavy atom. The summed E-state index contributed by atoms with van der Waals surface area (Å²) < 4.78 is 68.9. The molecule has 8 heteroatoms. The zero-order chi connectivity index (χ0) is 21.9. The fraction of sp³-hybridized carbons (Fsp3) is 0.238. The molecule has 0 aromatic heterocycles. The minimum atomic E-state index is -2.28. The number of hydrogen-bond donors (Lipinski definition) is 1. The Morgan fingerprint density at radius 3 is 1.83 bits per heavy atom. The Morgan fingerprint density at radius 1 is 0.897 bits per heavy atom. The van der Waals surface area contributed by atoms with Crippen molar-refractivity contribution in [1.29, 1.82) is 0 Å². The van der Waals surface area contributed by atoms with Gasteiger partial charge in [0.15, 0.2) is 29.1 Å². The third-order valence-corrected chi connectivity index (χ3v) is 4.56. The molecule has 0 fully saturated rings. The lowest BCUT2D eigenvalue weighted by atomic mass is 9.84. The maximum atomic E-state index is 14.2. The van der Waals surface area contributed by atoms with Crippen LogP contribution in [0.3, 0.4) is 0 Å². The molecule has 0 bridgehead atoms. The average molecular weight is 411 g/mol. The van der Waals surface area contributed by atoms with Gasteiger partial charge < -0.3 is 5.32 Å². The fourth-order valence-electron chi connectivity index (χ4n) is 2.87. The third-order valence-electron chi connectivity index (χ3n) is 4.56. The molecule has 1 N–H and O–H groups in total. The standard InChI is InChI=1S/C21H18F5NO2/c1-10(11(2)28)9-14(12(3)29)20(13-7-5-4-6-8-13)27-21-18(25)16(23)15(22)17(24)19(21)26/h4-8,14,20,27H,1,9H2,2-3H3/t14-,20+/m0/s1. The van der Waals surface area contributed by atoms with Gasteiger partial charge in [-0.15, -0.1) is 0 Å². The highest BCUT2D eigenvalue weighted by molar-refractivity contribution is 5.93. The number of benzene rings is 2. The van der Waals surface area contributed by atoms with Crippen LogP contribution in [-0.2, 0) is 9.59 Å². The topological polar surface area (TPSA) is 46.2 Å². The van der Waals surface area contributed by atoms with Crippen molar-refractivity contribution in [2.75, 3.05) is 5.32 Å². The van der Waals surface area contributed by atoms with Crippen LogP contribution in [-0.4, -0.2) is 11.6 Å². The van der Waals surface area contributed by atoms with E-state index in [9.17, 15) is 31.5 Å². The number of Topliss-reactive ketones (excluding diaryl/α,β-unsaturated/α-hetero) is 2. The van der Waals surface area contributed by atoms with Crippen molar-refractivity contribution in [3.63, 3.8) is 0 Å². The molecule has 29 heavy (non-hydrogen) atoms. The van der Waals surface area contributed by atoms with Crippen LogP contribution >= 0.6 is 0 Å². The molecule has 0 saturated carbocycles. The smallest absolute Gasteiger partial charge is 0.200 e. The Kier molecular flexibility index (Phi) is 6.89. The van der Waals surface area contributed by atoms with Gasteiger partial charge in [-0.1, -0.05) is 36.9 Å². The number of ketones is 2. The fourth-order valence-corrected chi connectivity index (χ4v) is 2.87. The van der Waals surface area contributed by atoms with Crippen molar-refractivity contribution in [3.8, 4) is 0 Å². The zero-order valence-corrected chi connectivity index (χ0v) is 15.7. The predicted octanol–water partition coefficient (Wildman–Crippen LogP) is 5.28. The summed E-state index contributed by atoms with van der Waals surface area (Å²) in [6.07, 6.45) is -0.160. The Labute approximate surface area is 164 Å². The van der Waals surface area contributed by atoms with E-state index in [1.807, 2.05) is 0 Å². The third kappa shape index (κ3) is 4.70. The van der Waals surface area contributed by atoms with Crippen molar-refractivity contribution < 1.29 is 31.5 Å². The second-order valence-electron chi connectivity index (χ2n) is 6.56. The molecule has 0 saturated heterocycles. The van der Waals surface area contributed by atoms with Crippen molar-refractivity contribution >= 4 is 17.3 Å². The highest BCUT2D eigenvalue weighted by Crippen LogP contribution is 2.35. The summed E-state index contributed by atoms with van der Waals surface area (Å²) in [7, 11) is 0. The van der Waals surface area contributed by atoms with Gasteiger partial charge in [0.2, 0.25) is 5.82 Å². The van der Waals surface area contributed by atoms with Gasteiger partial charge in [-0.3, -0.25) is 9.59 Å². The monoisotopic (exact) mass is 411 g/mol. The molecule has 0 spiro atoms. The van der Waals surface area contributed by atoms with Crippen LogP contribution in [0.15, 0.2) is 42.5 Å². The molecule has 2 aromatic carbocycles. The number of rotatable bonds is 8. The summed E-state index contributed by atoms with van der Waals surface area (Å²) in [6.45, 7) is 6.03. The molecule has 3 nitrogen and oxygen atoms in total. The molecule has 2 atom stereocenters. The molecule has 0 amide bonds. The maximum Gasteiger partial charge on any atom is 0.200 e. The van der Waals surface area contributed by atoms with Gasteiger partial charge in [-0.25, -0.2) is 22.0 Å². The number of anilines is 1. The van der Waals surface area contributed by atoms with Crippen LogP contribution in [0.1, 0.15) is 31.9 Å². The zero-order valence-electron chi connectivity index (χ0n) is 15.7. The van der Waals surface area contributed by atoms with Gasteiger partial charge in [0.05, 0.1) is 6.04 Å². The summed E-state index contributed by atoms with van der Waals surface area (Å²) in [6, 6.07) is 6.68. The molecular weight excluding hydrogens is 393 g/mol. The molecule has 0 unspecified atom stereocenters. The number of halogens is 5. The lowest BCUT2D eigenvalue weighted by molar-refractivity contribution is -0.121. The Balaban J connectivity index is 2.60. The molecule has 2 rings (SSSR count). The number of hydrogen-bond acceptors (Lipinski definition) is 3. The van der Waals surface area contributed by atoms with Crippen molar-refractivity contribution in [1.82, 2.24) is 0 Å². The summed E-state index contributed by atoms with van der Waals surface area (Å²) >= 11 is 0. The van der Waals surface area contributed by atoms with E-state index in [2.05, 4.69) is 11.9 Å². The number of nitrogens with one attached hydrogen (secondary N) is 1. The van der Waals surface area contributed by atoms with Crippen LogP contribution in [0.4, 0.5) is 27.6 Å². The van der Waals surface area contributed by atoms with Crippen molar-refractivity contribution in [2.24, 2.45) is 5.92 Å². The van der Waals surface area contributed by atoms with Gasteiger partial charge in [0, 0.05) is 5.92 Å². The van der Waals surface area contributed by atoms with Crippen LogP contribution in [0.5, 0.6) is 0 Å². The molecule has 0 aliphatic carbocycles. The largest absolute Gasteiger partial charge is 0.373 e. The van der Waals surface area contributed by atoms with Crippen LogP contribution in [0.2, 0.25) is 0 Å². The van der Waals surface area contributed by atoms with E-state index in [1.165, 1.54) is 26.0 Å². The summed E-state index contributed by atoms with van der Waals surface area (Å²) in [4.78, 5) is 23.8. The molecule has 0 radical (unpaired) electrons. The van der Waals surface area contributed by atoms with Gasteiger partial charge in [-0.2, -0.15) is 0 Å². The van der Waals surface area contributed by atoms with Crippen LogP contribution in [0, 0.1) is 35.0 Å². The first kappa shape index (κ1) is 22.3. The first-order chi connectivity index (χ1) is 13.6. The van der Waals surface area contributed by atoms with Gasteiger partial charge >= 0.3 is 0 Å². The minimum Gasteiger partial charge on any atom is -0.373 e. The SMILES string of the molecule is C=C(C[C@@H](C(C)=O)[C@H](Nc1c(F)c(F)c(F)c(F)c1F)c1ccccc1)C(C)=O. The normalized spacial score (nSPS) is 12.9. The summed E-state index contributed by atoms with van der Waals surface area (Å²) in [5.74, 6) is -12.5. The molecule has 154 valence electrons. The van der Waals surface area contributed by atoms with E-state index in [0.29, 0.717) is 5.56 Å². The predicted molar refractivity (Wildman–Crippen MR) is 97.6 cm³/mol. The number of allylic oxidation sites excluding steroid dienone is 1. The second kappa shape index (κ2) is 8.98. The number of carbonyl (C=O) groups excluding carboxylic acids is 2. The lowest BCUT2D eigenvalue weighted by Crippen LogP contribution is -2.28. The molecule has 0 aliphatic heterocycles. The van der Waals surface area contributed by atoms with E-state index in [1.54, 1.807) is 18.2 Å². The highest BCUT2D eigenvalue weighted by atomic mass is 19.2. The van der Waals surface area contributed by atoms with Crippen molar-refractivity contribution in [3.05, 3.63) is 77.1 Å². The summed E-state index contributed by atoms with van der Waals surface area (Å²) in [5, 5.41) is 2.30. The molecular formula is C21H18F5NO2. The van der Waals surface area contributed by atoms with E-state index in [4.69, 9.17) is 0 Å². The Hall–Kier alpha value is -3.03. The van der Waals surface area contributed by atoms with Crippen LogP contribution < -0.4 is 5.32 Å². The van der Waals surface area contributed by atoms with Gasteiger partial charge in [-0.05, 0) is 31.4 Å². The van der Waals surface area contributed by atoms with E-state index >= 15 is 0 Å². The molecule has 2 aromatic rings.